The molecular formula is C12H12N2O5S2. The molecular weight excluding hydrogens is 316 g/mol. The number of hydrogen-bond donors (Lipinski definition) is 2. The van der Waals surface area contributed by atoms with Crippen molar-refractivity contribution >= 4 is 27.3 Å². The summed E-state index contributed by atoms with van der Waals surface area (Å²) in [6, 6.07) is 3.64. The van der Waals surface area contributed by atoms with E-state index < -0.39 is 16.0 Å². The van der Waals surface area contributed by atoms with Crippen molar-refractivity contribution in [1.82, 2.24) is 9.71 Å². The zero-order valence-corrected chi connectivity index (χ0v) is 12.6. The van der Waals surface area contributed by atoms with Crippen LogP contribution in [0.2, 0.25) is 0 Å². The standard InChI is InChI=1S/C12H12N2O5S2/c1-19-10-3-2-8(12(15)16)4-11(10)21(17,18)14-5-9-6-20-7-13-9/h2-4,6-7,14H,5H2,1H3,(H,15,16). The van der Waals surface area contributed by atoms with Crippen LogP contribution < -0.4 is 9.46 Å². The first-order valence-electron chi connectivity index (χ1n) is 5.72. The van der Waals surface area contributed by atoms with Gasteiger partial charge in [-0.1, -0.05) is 0 Å². The highest BCUT2D eigenvalue weighted by Gasteiger charge is 2.21. The first-order valence-corrected chi connectivity index (χ1v) is 8.14. The molecule has 0 fully saturated rings. The number of hydrogen-bond acceptors (Lipinski definition) is 6. The van der Waals surface area contributed by atoms with Gasteiger partial charge in [-0.3, -0.25) is 0 Å². The number of aromatic carboxylic acids is 1. The van der Waals surface area contributed by atoms with Gasteiger partial charge < -0.3 is 9.84 Å². The lowest BCUT2D eigenvalue weighted by Crippen LogP contribution is -2.24. The molecule has 0 bridgehead atoms. The smallest absolute Gasteiger partial charge is 0.335 e. The molecule has 0 spiro atoms. The van der Waals surface area contributed by atoms with Gasteiger partial charge in [0.05, 0.1) is 30.4 Å². The molecule has 7 nitrogen and oxygen atoms in total. The van der Waals surface area contributed by atoms with E-state index >= 15 is 0 Å². The van der Waals surface area contributed by atoms with Gasteiger partial charge in [-0.2, -0.15) is 0 Å². The normalized spacial score (nSPS) is 11.3. The molecule has 2 rings (SSSR count). The maximum absolute atomic E-state index is 12.3. The number of benzene rings is 1. The highest BCUT2D eigenvalue weighted by molar-refractivity contribution is 7.89. The number of nitrogens with zero attached hydrogens (tertiary/aromatic N) is 1. The van der Waals surface area contributed by atoms with Gasteiger partial charge in [-0.05, 0) is 18.2 Å². The number of carboxylic acid groups (broad SMARTS) is 1. The molecule has 0 saturated heterocycles. The lowest BCUT2D eigenvalue weighted by Gasteiger charge is -2.11. The van der Waals surface area contributed by atoms with Gasteiger partial charge in [0.2, 0.25) is 10.0 Å². The highest BCUT2D eigenvalue weighted by Crippen LogP contribution is 2.25. The largest absolute Gasteiger partial charge is 0.495 e. The molecule has 0 saturated carbocycles. The number of thiazole rings is 1. The van der Waals surface area contributed by atoms with Gasteiger partial charge in [0, 0.05) is 5.38 Å². The third kappa shape index (κ3) is 3.57. The Morgan fingerprint density at radius 3 is 2.81 bits per heavy atom. The van der Waals surface area contributed by atoms with Crippen molar-refractivity contribution in [3.63, 3.8) is 0 Å². The Balaban J connectivity index is 2.33. The maximum Gasteiger partial charge on any atom is 0.335 e. The molecule has 21 heavy (non-hydrogen) atoms. The molecule has 0 aliphatic carbocycles. The van der Waals surface area contributed by atoms with Gasteiger partial charge in [-0.15, -0.1) is 11.3 Å². The number of ether oxygens (including phenoxy) is 1. The average Bonchev–Trinajstić information content (AvgIpc) is 2.98. The summed E-state index contributed by atoms with van der Waals surface area (Å²) in [5.41, 5.74) is 2.04. The van der Waals surface area contributed by atoms with Gasteiger partial charge >= 0.3 is 5.97 Å². The van der Waals surface area contributed by atoms with Crippen LogP contribution in [0.1, 0.15) is 16.1 Å². The van der Waals surface area contributed by atoms with E-state index in [1.54, 1.807) is 10.9 Å². The molecule has 0 amide bonds. The zero-order valence-electron chi connectivity index (χ0n) is 10.9. The highest BCUT2D eigenvalue weighted by atomic mass is 32.2. The van der Waals surface area contributed by atoms with Crippen molar-refractivity contribution in [2.45, 2.75) is 11.4 Å². The van der Waals surface area contributed by atoms with E-state index in [2.05, 4.69) is 9.71 Å². The average molecular weight is 328 g/mol. The van der Waals surface area contributed by atoms with E-state index in [1.165, 1.54) is 30.6 Å². The topological polar surface area (TPSA) is 106 Å². The monoisotopic (exact) mass is 328 g/mol. The number of nitrogens with one attached hydrogen (secondary N) is 1. The molecule has 1 heterocycles. The fraction of sp³-hybridized carbons (Fsp3) is 0.167. The van der Waals surface area contributed by atoms with Crippen LogP contribution in [0.15, 0.2) is 34.0 Å². The number of aromatic nitrogens is 1. The summed E-state index contributed by atoms with van der Waals surface area (Å²) in [6.45, 7) is 0.0201. The summed E-state index contributed by atoms with van der Waals surface area (Å²) < 4.78 is 31.9. The fourth-order valence-electron chi connectivity index (χ4n) is 1.59. The van der Waals surface area contributed by atoms with Crippen molar-refractivity contribution in [2.75, 3.05) is 7.11 Å². The van der Waals surface area contributed by atoms with Crippen LogP contribution in [0, 0.1) is 0 Å². The summed E-state index contributed by atoms with van der Waals surface area (Å²) in [5.74, 6) is -1.14. The summed E-state index contributed by atoms with van der Waals surface area (Å²) in [4.78, 5) is 14.7. The molecule has 0 radical (unpaired) electrons. The lowest BCUT2D eigenvalue weighted by atomic mass is 10.2. The van der Waals surface area contributed by atoms with Crippen LogP contribution in [0.4, 0.5) is 0 Å². The second kappa shape index (κ2) is 6.20. The van der Waals surface area contributed by atoms with E-state index in [-0.39, 0.29) is 22.8 Å². The van der Waals surface area contributed by atoms with Crippen molar-refractivity contribution in [3.05, 3.63) is 40.3 Å². The number of methoxy groups -OCH3 is 1. The van der Waals surface area contributed by atoms with Gasteiger partial charge in [0.1, 0.15) is 10.6 Å². The van der Waals surface area contributed by atoms with Crippen LogP contribution >= 0.6 is 11.3 Å². The second-order valence-corrected chi connectivity index (χ2v) is 6.43. The van der Waals surface area contributed by atoms with Crippen LogP contribution in [0.3, 0.4) is 0 Å². The van der Waals surface area contributed by atoms with E-state index in [0.717, 1.165) is 6.07 Å². The summed E-state index contributed by atoms with van der Waals surface area (Å²) in [7, 11) is -2.59. The Kier molecular flexibility index (Phi) is 4.56. The minimum Gasteiger partial charge on any atom is -0.495 e. The predicted octanol–water partition coefficient (Wildman–Crippen LogP) is 1.33. The Hall–Kier alpha value is -1.97. The number of carboxylic acids is 1. The quantitative estimate of drug-likeness (QED) is 0.828. The van der Waals surface area contributed by atoms with E-state index in [4.69, 9.17) is 9.84 Å². The number of sulfonamides is 1. The van der Waals surface area contributed by atoms with Gasteiger partial charge in [-0.25, -0.2) is 22.9 Å². The molecule has 2 aromatic rings. The predicted molar refractivity (Wildman–Crippen MR) is 76.1 cm³/mol. The molecule has 1 aromatic heterocycles. The molecule has 0 aliphatic rings. The molecule has 2 N–H and O–H groups in total. The van der Waals surface area contributed by atoms with Crippen LogP contribution in [0.5, 0.6) is 5.75 Å². The number of rotatable bonds is 6. The van der Waals surface area contributed by atoms with Crippen LogP contribution in [0.25, 0.3) is 0 Å². The summed E-state index contributed by atoms with van der Waals surface area (Å²) in [6.07, 6.45) is 0. The maximum atomic E-state index is 12.3. The first kappa shape index (κ1) is 15.4. The number of carbonyl (C=O) groups is 1. The minimum absolute atomic E-state index is 0.0201. The molecule has 9 heteroatoms. The Bertz CT molecular complexity index is 741. The van der Waals surface area contributed by atoms with Crippen LogP contribution in [-0.2, 0) is 16.6 Å². The van der Waals surface area contributed by atoms with Gasteiger partial charge in [0.15, 0.2) is 0 Å². The lowest BCUT2D eigenvalue weighted by molar-refractivity contribution is 0.0696. The second-order valence-electron chi connectivity index (χ2n) is 3.98. The van der Waals surface area contributed by atoms with E-state index in [0.29, 0.717) is 5.69 Å². The third-order valence-electron chi connectivity index (χ3n) is 2.63. The third-order valence-corrected chi connectivity index (χ3v) is 4.68. The summed E-state index contributed by atoms with van der Waals surface area (Å²) >= 11 is 1.35. The molecule has 0 aliphatic heterocycles. The van der Waals surface area contributed by atoms with E-state index in [9.17, 15) is 13.2 Å². The SMILES string of the molecule is COc1ccc(C(=O)O)cc1S(=O)(=O)NCc1cscn1. The van der Waals surface area contributed by atoms with Gasteiger partial charge in [0.25, 0.3) is 0 Å². The van der Waals surface area contributed by atoms with E-state index in [1.807, 2.05) is 0 Å². The van der Waals surface area contributed by atoms with Crippen molar-refractivity contribution in [2.24, 2.45) is 0 Å². The first-order chi connectivity index (χ1) is 9.94. The van der Waals surface area contributed by atoms with Crippen molar-refractivity contribution in [3.8, 4) is 5.75 Å². The Labute approximate surface area is 125 Å². The summed E-state index contributed by atoms with van der Waals surface area (Å²) in [5, 5.41) is 10.7. The zero-order chi connectivity index (χ0) is 15.5. The minimum atomic E-state index is -3.91. The fourth-order valence-corrected chi connectivity index (χ4v) is 3.34. The van der Waals surface area contributed by atoms with Crippen molar-refractivity contribution < 1.29 is 23.1 Å². The molecule has 1 aromatic carbocycles. The Morgan fingerprint density at radius 2 is 2.24 bits per heavy atom. The molecule has 0 unspecified atom stereocenters. The van der Waals surface area contributed by atoms with Crippen LogP contribution in [-0.4, -0.2) is 31.6 Å². The van der Waals surface area contributed by atoms with Crippen molar-refractivity contribution in [1.29, 1.82) is 0 Å². The molecule has 112 valence electrons. The Morgan fingerprint density at radius 1 is 1.48 bits per heavy atom. The molecule has 0 atom stereocenters.